The van der Waals surface area contributed by atoms with Gasteiger partial charge in [0.2, 0.25) is 0 Å². The van der Waals surface area contributed by atoms with Crippen molar-refractivity contribution in [1.29, 1.82) is 0 Å². The molecule has 0 bridgehead atoms. The lowest BCUT2D eigenvalue weighted by atomic mass is 10.1. The van der Waals surface area contributed by atoms with Gasteiger partial charge in [-0.1, -0.05) is 31.4 Å². The van der Waals surface area contributed by atoms with Crippen molar-refractivity contribution < 1.29 is 13.2 Å². The fraction of sp³-hybridized carbons (Fsp3) is 0.150. The van der Waals surface area contributed by atoms with E-state index in [0.29, 0.717) is 17.1 Å². The quantitative estimate of drug-likeness (QED) is 0.514. The molecule has 0 fully saturated rings. The van der Waals surface area contributed by atoms with Gasteiger partial charge in [-0.05, 0) is 36.8 Å². The van der Waals surface area contributed by atoms with Crippen molar-refractivity contribution in [2.75, 3.05) is 0 Å². The monoisotopic (exact) mass is 374 g/mol. The molecule has 2 nitrogen and oxygen atoms in total. The molecule has 0 N–H and O–H groups in total. The lowest BCUT2D eigenvalue weighted by molar-refractivity contribution is -0.137. The van der Waals surface area contributed by atoms with Crippen LogP contribution in [-0.2, 0) is 12.7 Å². The molecule has 1 aromatic carbocycles. The molecule has 0 unspecified atom stereocenters. The van der Waals surface area contributed by atoms with E-state index in [9.17, 15) is 13.2 Å². The number of hydrogen-bond acceptors (Lipinski definition) is 2. The van der Waals surface area contributed by atoms with Gasteiger partial charge in [-0.3, -0.25) is 0 Å². The number of nitrogens with zero attached hydrogens (tertiary/aromatic N) is 2. The number of alkyl halides is 3. The Morgan fingerprint density at radius 1 is 1.12 bits per heavy atom. The van der Waals surface area contributed by atoms with Gasteiger partial charge in [0.15, 0.2) is 0 Å². The maximum absolute atomic E-state index is 12.7. The molecule has 26 heavy (non-hydrogen) atoms. The molecule has 0 atom stereocenters. The van der Waals surface area contributed by atoms with Crippen molar-refractivity contribution in [3.8, 4) is 10.6 Å². The molecule has 3 rings (SSSR count). The molecule has 0 aliphatic carbocycles. The summed E-state index contributed by atoms with van der Waals surface area (Å²) >= 11 is 1.48. The highest BCUT2D eigenvalue weighted by Crippen LogP contribution is 2.33. The summed E-state index contributed by atoms with van der Waals surface area (Å²) in [7, 11) is 0. The molecule has 3 aromatic rings. The largest absolute Gasteiger partial charge is 0.416 e. The van der Waals surface area contributed by atoms with Crippen molar-refractivity contribution in [1.82, 2.24) is 9.55 Å². The van der Waals surface area contributed by atoms with Crippen molar-refractivity contribution in [3.63, 3.8) is 0 Å². The molecular weight excluding hydrogens is 357 g/mol. The predicted molar refractivity (Wildman–Crippen MR) is 101 cm³/mol. The highest BCUT2D eigenvalue weighted by molar-refractivity contribution is 7.15. The molecule has 134 valence electrons. The molecule has 0 amide bonds. The normalized spacial score (nSPS) is 11.5. The van der Waals surface area contributed by atoms with Crippen LogP contribution in [0, 0.1) is 6.92 Å². The third-order valence-electron chi connectivity index (χ3n) is 4.12. The van der Waals surface area contributed by atoms with Gasteiger partial charge in [0.05, 0.1) is 17.8 Å². The van der Waals surface area contributed by atoms with Gasteiger partial charge in [0.25, 0.3) is 0 Å². The summed E-state index contributed by atoms with van der Waals surface area (Å²) in [6.45, 7) is 10.2. The summed E-state index contributed by atoms with van der Waals surface area (Å²) in [5.41, 5.74) is 2.87. The Hall–Kier alpha value is -2.60. The first-order valence-corrected chi connectivity index (χ1v) is 8.73. The number of hydrogen-bond donors (Lipinski definition) is 0. The van der Waals surface area contributed by atoms with Gasteiger partial charge in [0, 0.05) is 22.3 Å². The maximum atomic E-state index is 12.7. The van der Waals surface area contributed by atoms with Crippen molar-refractivity contribution in [2.45, 2.75) is 19.6 Å². The van der Waals surface area contributed by atoms with Crippen LogP contribution in [0.5, 0.6) is 0 Å². The summed E-state index contributed by atoms with van der Waals surface area (Å²) in [5, 5.41) is 0.711. The highest BCUT2D eigenvalue weighted by atomic mass is 32.1. The summed E-state index contributed by atoms with van der Waals surface area (Å²) in [6.07, 6.45) is 1.19. The summed E-state index contributed by atoms with van der Waals surface area (Å²) in [4.78, 5) is 5.58. The Bertz CT molecular complexity index is 947. The molecule has 2 heterocycles. The van der Waals surface area contributed by atoms with Crippen molar-refractivity contribution in [2.24, 2.45) is 0 Å². The second-order valence-electron chi connectivity index (χ2n) is 5.80. The van der Waals surface area contributed by atoms with Crippen LogP contribution in [0.2, 0.25) is 0 Å². The summed E-state index contributed by atoms with van der Waals surface area (Å²) in [5.74, 6) is 0. The number of benzene rings is 1. The van der Waals surface area contributed by atoms with E-state index >= 15 is 0 Å². The molecule has 0 aliphatic heterocycles. The lowest BCUT2D eigenvalue weighted by Gasteiger charge is -2.06. The van der Waals surface area contributed by atoms with Gasteiger partial charge < -0.3 is 4.57 Å². The van der Waals surface area contributed by atoms with E-state index in [4.69, 9.17) is 0 Å². The smallest absolute Gasteiger partial charge is 0.342 e. The van der Waals surface area contributed by atoms with Crippen LogP contribution < -0.4 is 0 Å². The van der Waals surface area contributed by atoms with Gasteiger partial charge in [-0.15, -0.1) is 11.3 Å². The van der Waals surface area contributed by atoms with E-state index in [1.165, 1.54) is 23.5 Å². The Balaban J connectivity index is 1.89. The third-order valence-corrected chi connectivity index (χ3v) is 5.31. The first-order valence-electron chi connectivity index (χ1n) is 7.91. The van der Waals surface area contributed by atoms with Crippen LogP contribution >= 0.6 is 11.3 Å². The van der Waals surface area contributed by atoms with E-state index < -0.39 is 11.7 Å². The van der Waals surface area contributed by atoms with E-state index in [1.54, 1.807) is 12.2 Å². The van der Waals surface area contributed by atoms with Gasteiger partial charge in [0.1, 0.15) is 5.01 Å². The second-order valence-corrected chi connectivity index (χ2v) is 6.88. The third kappa shape index (κ3) is 3.51. The first-order chi connectivity index (χ1) is 12.3. The number of rotatable bonds is 5. The lowest BCUT2D eigenvalue weighted by Crippen LogP contribution is -2.03. The summed E-state index contributed by atoms with van der Waals surface area (Å²) < 4.78 is 40.2. The highest BCUT2D eigenvalue weighted by Gasteiger charge is 2.30. The fourth-order valence-electron chi connectivity index (χ4n) is 2.70. The topological polar surface area (TPSA) is 17.8 Å². The Kier molecular flexibility index (Phi) is 4.87. The number of aromatic nitrogens is 2. The fourth-order valence-corrected chi connectivity index (χ4v) is 3.77. The first kappa shape index (κ1) is 18.2. The van der Waals surface area contributed by atoms with Crippen LogP contribution in [0.15, 0.2) is 49.7 Å². The van der Waals surface area contributed by atoms with Crippen LogP contribution in [0.1, 0.15) is 27.4 Å². The van der Waals surface area contributed by atoms with Crippen LogP contribution in [0.4, 0.5) is 13.2 Å². The van der Waals surface area contributed by atoms with E-state index in [2.05, 4.69) is 22.7 Å². The standard InChI is InChI=1S/C20H17F3N2S/c1-4-14-10-11-25(17(14)5-2)12-18-13(3)24-19(26-18)15-6-8-16(9-7-15)20(21,22)23/h4-11H,1-2,12H2,3H3. The average molecular weight is 374 g/mol. The molecule has 0 spiro atoms. The van der Waals surface area contributed by atoms with Crippen LogP contribution in [0.3, 0.4) is 0 Å². The van der Waals surface area contributed by atoms with Crippen molar-refractivity contribution in [3.05, 3.63) is 77.1 Å². The number of thiazole rings is 1. The zero-order chi connectivity index (χ0) is 18.9. The summed E-state index contributed by atoms with van der Waals surface area (Å²) in [6, 6.07) is 7.07. The second kappa shape index (κ2) is 6.96. The predicted octanol–water partition coefficient (Wildman–Crippen LogP) is 6.27. The van der Waals surface area contributed by atoms with Crippen molar-refractivity contribution >= 4 is 23.5 Å². The zero-order valence-corrected chi connectivity index (χ0v) is 15.0. The van der Waals surface area contributed by atoms with Gasteiger partial charge in [-0.25, -0.2) is 4.98 Å². The average Bonchev–Trinajstić information content (AvgIpc) is 3.17. The minimum atomic E-state index is -4.33. The number of aryl methyl sites for hydroxylation is 1. The molecule has 0 radical (unpaired) electrons. The zero-order valence-electron chi connectivity index (χ0n) is 14.2. The minimum absolute atomic E-state index is 0.624. The molecular formula is C20H17F3N2S. The van der Waals surface area contributed by atoms with Crippen LogP contribution in [0.25, 0.3) is 22.7 Å². The maximum Gasteiger partial charge on any atom is 0.416 e. The molecule has 0 saturated carbocycles. The SMILES string of the molecule is C=Cc1ccn(Cc2sc(-c3ccc(C(F)(F)F)cc3)nc2C)c1C=C. The van der Waals surface area contributed by atoms with E-state index in [-0.39, 0.29) is 0 Å². The Morgan fingerprint density at radius 3 is 2.38 bits per heavy atom. The van der Waals surface area contributed by atoms with Crippen LogP contribution in [-0.4, -0.2) is 9.55 Å². The molecule has 0 aliphatic rings. The van der Waals surface area contributed by atoms with Gasteiger partial charge >= 0.3 is 6.18 Å². The molecule has 6 heteroatoms. The Labute approximate surface area is 153 Å². The minimum Gasteiger partial charge on any atom is -0.342 e. The van der Waals surface area contributed by atoms with E-state index in [0.717, 1.165) is 34.0 Å². The molecule has 0 saturated heterocycles. The van der Waals surface area contributed by atoms with E-state index in [1.807, 2.05) is 19.2 Å². The van der Waals surface area contributed by atoms with Gasteiger partial charge in [-0.2, -0.15) is 13.2 Å². The Morgan fingerprint density at radius 2 is 1.81 bits per heavy atom. The molecule has 2 aromatic heterocycles. The number of halogens is 3.